The average molecular weight is 619 g/mol. The Labute approximate surface area is 281 Å². The van der Waals surface area contributed by atoms with Crippen LogP contribution >= 0.6 is 0 Å². The van der Waals surface area contributed by atoms with Crippen LogP contribution in [-0.4, -0.2) is 19.9 Å². The topological polar surface area (TPSA) is 51.6 Å². The highest BCUT2D eigenvalue weighted by molar-refractivity contribution is 5.88. The van der Waals surface area contributed by atoms with Gasteiger partial charge < -0.3 is 0 Å². The molecule has 0 aliphatic heterocycles. The summed E-state index contributed by atoms with van der Waals surface area (Å²) in [4.78, 5) is 21.0. The fourth-order valence-corrected chi connectivity index (χ4v) is 6.31. The molecule has 8 rings (SSSR count). The number of hydrogen-bond acceptors (Lipinski definition) is 4. The second kappa shape index (κ2) is 13.4. The normalized spacial score (nSPS) is 14.0. The molecule has 2 aliphatic rings. The van der Waals surface area contributed by atoms with Crippen LogP contribution in [0.4, 0.5) is 0 Å². The van der Waals surface area contributed by atoms with Gasteiger partial charge in [-0.15, -0.1) is 0 Å². The monoisotopic (exact) mass is 618 g/mol. The second-order valence-electron chi connectivity index (χ2n) is 12.0. The summed E-state index contributed by atoms with van der Waals surface area (Å²) >= 11 is 0. The minimum Gasteiger partial charge on any atom is -0.243 e. The van der Waals surface area contributed by atoms with E-state index in [2.05, 4.69) is 127 Å². The van der Waals surface area contributed by atoms with Crippen molar-refractivity contribution in [1.29, 1.82) is 0 Å². The number of benzene rings is 4. The third kappa shape index (κ3) is 6.08. The second-order valence-corrected chi connectivity index (χ2v) is 12.0. The van der Waals surface area contributed by atoms with E-state index >= 15 is 0 Å². The van der Waals surface area contributed by atoms with E-state index in [1.165, 1.54) is 0 Å². The van der Waals surface area contributed by atoms with Crippen LogP contribution in [0, 0.1) is 0 Å². The number of hydrogen-bond donors (Lipinski definition) is 0. The molecule has 230 valence electrons. The van der Waals surface area contributed by atoms with Crippen molar-refractivity contribution >= 4 is 11.1 Å². The third-order valence-electron chi connectivity index (χ3n) is 8.74. The Morgan fingerprint density at radius 1 is 0.354 bits per heavy atom. The molecule has 4 heteroatoms. The zero-order chi connectivity index (χ0) is 32.1. The average Bonchev–Trinajstić information content (AvgIpc) is 3.19. The highest BCUT2D eigenvalue weighted by Gasteiger charge is 2.21. The molecular weight excluding hydrogens is 585 g/mol. The first-order valence-electron chi connectivity index (χ1n) is 16.6. The van der Waals surface area contributed by atoms with Gasteiger partial charge in [0.1, 0.15) is 0 Å². The molecule has 0 saturated heterocycles. The maximum atomic E-state index is 5.47. The van der Waals surface area contributed by atoms with Crippen molar-refractivity contribution in [2.75, 3.05) is 0 Å². The molecule has 0 saturated carbocycles. The van der Waals surface area contributed by atoms with Crippen LogP contribution in [0.25, 0.3) is 67.6 Å². The Balaban J connectivity index is 1.33. The van der Waals surface area contributed by atoms with Gasteiger partial charge in [-0.1, -0.05) is 146 Å². The van der Waals surface area contributed by atoms with Gasteiger partial charge in [-0.2, -0.15) is 0 Å². The van der Waals surface area contributed by atoms with Crippen LogP contribution in [-0.2, 0) is 0 Å². The summed E-state index contributed by atoms with van der Waals surface area (Å²) in [7, 11) is 0. The van der Waals surface area contributed by atoms with Crippen molar-refractivity contribution in [1.82, 2.24) is 19.9 Å². The minimum atomic E-state index is 0.711. The van der Waals surface area contributed by atoms with Gasteiger partial charge in [-0.3, -0.25) is 0 Å². The van der Waals surface area contributed by atoms with Crippen LogP contribution in [0.5, 0.6) is 0 Å². The van der Waals surface area contributed by atoms with E-state index < -0.39 is 0 Å². The van der Waals surface area contributed by atoms with E-state index in [1.807, 2.05) is 30.3 Å². The van der Waals surface area contributed by atoms with Gasteiger partial charge in [0.25, 0.3) is 0 Å². The predicted molar refractivity (Wildman–Crippen MR) is 198 cm³/mol. The fraction of sp³-hybridized carbons (Fsp3) is 0.0909. The van der Waals surface area contributed by atoms with Crippen molar-refractivity contribution < 1.29 is 0 Å². The molecule has 2 aliphatic carbocycles. The van der Waals surface area contributed by atoms with E-state index in [1.54, 1.807) is 0 Å². The van der Waals surface area contributed by atoms with E-state index in [4.69, 9.17) is 19.9 Å². The van der Waals surface area contributed by atoms with Crippen molar-refractivity contribution in [3.63, 3.8) is 0 Å². The van der Waals surface area contributed by atoms with Crippen LogP contribution in [0.3, 0.4) is 0 Å². The summed E-state index contributed by atoms with van der Waals surface area (Å²) < 4.78 is 0. The minimum absolute atomic E-state index is 0.711. The Kier molecular flexibility index (Phi) is 8.20. The Morgan fingerprint density at radius 3 is 1.48 bits per heavy atom. The lowest BCUT2D eigenvalue weighted by atomic mass is 9.96. The van der Waals surface area contributed by atoms with Crippen molar-refractivity contribution in [3.05, 3.63) is 169 Å². The maximum absolute atomic E-state index is 5.47. The van der Waals surface area contributed by atoms with E-state index in [0.717, 1.165) is 98.8 Å². The number of aromatic nitrogens is 4. The van der Waals surface area contributed by atoms with Crippen molar-refractivity contribution in [2.45, 2.75) is 25.7 Å². The Bertz CT molecular complexity index is 2210. The Hall–Kier alpha value is -6.00. The summed E-state index contributed by atoms with van der Waals surface area (Å²) in [5, 5.41) is 0. The lowest BCUT2D eigenvalue weighted by Crippen LogP contribution is -2.03. The Morgan fingerprint density at radius 2 is 0.854 bits per heavy atom. The fourth-order valence-electron chi connectivity index (χ4n) is 6.31. The smallest absolute Gasteiger partial charge is 0.160 e. The van der Waals surface area contributed by atoms with E-state index in [-0.39, 0.29) is 0 Å². The molecule has 4 aromatic carbocycles. The largest absolute Gasteiger partial charge is 0.243 e. The SMILES string of the molecule is C1=CC(c2cc(-c3cccc(-c4nc(-c5ccccc5)c(C5=CCCC=C5)nc4-c4ccccc4)c3)nc(-c3ccccc3)n2)=CCC1. The molecule has 0 fully saturated rings. The standard InChI is InChI=1S/C44H34N4/c1-6-17-31(18-7-1)38-30-39(46-44(45-38)35-25-14-5-15-26-35)36-27-16-28-37(29-36)43-42(34-23-12-4-13-24-34)47-40(32-19-8-2-9-20-32)41(48-43)33-21-10-3-11-22-33/h3-6,8,10-30H,1-2,7,9H2. The zero-order valence-electron chi connectivity index (χ0n) is 26.6. The van der Waals surface area contributed by atoms with Gasteiger partial charge in [0.2, 0.25) is 0 Å². The number of nitrogens with zero attached hydrogens (tertiary/aromatic N) is 4. The van der Waals surface area contributed by atoms with Crippen LogP contribution in [0.1, 0.15) is 37.1 Å². The highest BCUT2D eigenvalue weighted by Crippen LogP contribution is 2.38. The summed E-state index contributed by atoms with van der Waals surface area (Å²) in [6.07, 6.45) is 17.4. The molecule has 4 nitrogen and oxygen atoms in total. The number of allylic oxidation sites excluding steroid dienone is 8. The van der Waals surface area contributed by atoms with Crippen molar-refractivity contribution in [2.24, 2.45) is 0 Å². The molecule has 6 aromatic rings. The summed E-state index contributed by atoms with van der Waals surface area (Å²) in [5.41, 5.74) is 12.5. The summed E-state index contributed by atoms with van der Waals surface area (Å²) in [5.74, 6) is 0.711. The van der Waals surface area contributed by atoms with Gasteiger partial charge in [0.15, 0.2) is 5.82 Å². The van der Waals surface area contributed by atoms with E-state index in [0.29, 0.717) is 5.82 Å². The lowest BCUT2D eigenvalue weighted by Gasteiger charge is -2.18. The third-order valence-corrected chi connectivity index (χ3v) is 8.74. The molecule has 0 amide bonds. The predicted octanol–water partition coefficient (Wildman–Crippen LogP) is 11.1. The zero-order valence-corrected chi connectivity index (χ0v) is 26.6. The summed E-state index contributed by atoms with van der Waals surface area (Å²) in [6.45, 7) is 0. The lowest BCUT2D eigenvalue weighted by molar-refractivity contribution is 1.03. The quantitative estimate of drug-likeness (QED) is 0.179. The highest BCUT2D eigenvalue weighted by atomic mass is 14.9. The van der Waals surface area contributed by atoms with Crippen LogP contribution in [0.15, 0.2) is 158 Å². The first-order valence-corrected chi connectivity index (χ1v) is 16.6. The van der Waals surface area contributed by atoms with Crippen molar-refractivity contribution in [3.8, 4) is 56.4 Å². The van der Waals surface area contributed by atoms with E-state index in [9.17, 15) is 0 Å². The van der Waals surface area contributed by atoms with Gasteiger partial charge >= 0.3 is 0 Å². The molecule has 2 aromatic heterocycles. The maximum Gasteiger partial charge on any atom is 0.160 e. The molecule has 48 heavy (non-hydrogen) atoms. The van der Waals surface area contributed by atoms with Gasteiger partial charge in [-0.25, -0.2) is 19.9 Å². The van der Waals surface area contributed by atoms with Crippen LogP contribution in [0.2, 0.25) is 0 Å². The first kappa shape index (κ1) is 29.4. The van der Waals surface area contributed by atoms with Gasteiger partial charge in [0.05, 0.1) is 34.2 Å². The molecule has 0 spiro atoms. The first-order chi connectivity index (χ1) is 23.8. The molecule has 0 radical (unpaired) electrons. The molecular formula is C44H34N4. The molecule has 0 unspecified atom stereocenters. The molecule has 0 atom stereocenters. The van der Waals surface area contributed by atoms with Gasteiger partial charge in [0, 0.05) is 27.8 Å². The number of rotatable bonds is 7. The molecule has 0 N–H and O–H groups in total. The molecule has 0 bridgehead atoms. The molecule has 2 heterocycles. The summed E-state index contributed by atoms with van der Waals surface area (Å²) in [6, 6.07) is 41.6. The van der Waals surface area contributed by atoms with Gasteiger partial charge in [-0.05, 0) is 49.0 Å². The van der Waals surface area contributed by atoms with Crippen LogP contribution < -0.4 is 0 Å².